The average molecular weight is 150 g/mol. The summed E-state index contributed by atoms with van der Waals surface area (Å²) in [4.78, 5) is 14.7. The van der Waals surface area contributed by atoms with E-state index in [0.717, 1.165) is 5.57 Å². The highest BCUT2D eigenvalue weighted by atomic mass is 16.1. The first kappa shape index (κ1) is 7.72. The number of carbonyl (C=O) groups is 1. The van der Waals surface area contributed by atoms with Crippen LogP contribution in [0.25, 0.3) is 0 Å². The third-order valence-corrected chi connectivity index (χ3v) is 1.48. The Morgan fingerprint density at radius 3 is 3.00 bits per heavy atom. The molecule has 1 heterocycles. The number of amidine groups is 1. The molecule has 0 unspecified atom stereocenters. The van der Waals surface area contributed by atoms with Crippen LogP contribution in [-0.4, -0.2) is 11.7 Å². The van der Waals surface area contributed by atoms with Gasteiger partial charge in [0.1, 0.15) is 5.84 Å². The first-order chi connectivity index (χ1) is 5.27. The molecule has 0 aromatic heterocycles. The number of allylic oxidation sites excluding steroid dienone is 1. The fraction of sp³-hybridized carbons (Fsp3) is 0.250. The maximum Gasteiger partial charge on any atom is 0.230 e. The summed E-state index contributed by atoms with van der Waals surface area (Å²) in [6.07, 6.45) is 3.73. The molecular weight excluding hydrogens is 140 g/mol. The fourth-order valence-corrected chi connectivity index (χ4v) is 0.958. The van der Waals surface area contributed by atoms with Gasteiger partial charge < -0.3 is 5.32 Å². The van der Waals surface area contributed by atoms with Gasteiger partial charge in [0.15, 0.2) is 0 Å². The van der Waals surface area contributed by atoms with Crippen molar-refractivity contribution in [1.29, 1.82) is 0 Å². The Morgan fingerprint density at radius 1 is 1.73 bits per heavy atom. The van der Waals surface area contributed by atoms with Gasteiger partial charge in [0.25, 0.3) is 0 Å². The number of rotatable bonds is 1. The molecule has 0 aromatic rings. The van der Waals surface area contributed by atoms with Crippen LogP contribution in [0.3, 0.4) is 0 Å². The molecule has 1 fully saturated rings. The zero-order valence-electron chi connectivity index (χ0n) is 6.42. The molecule has 0 spiro atoms. The van der Waals surface area contributed by atoms with Crippen LogP contribution in [0.5, 0.6) is 0 Å². The molecule has 3 heteroatoms. The summed E-state index contributed by atoms with van der Waals surface area (Å²) in [7, 11) is 0. The highest BCUT2D eigenvalue weighted by Gasteiger charge is 2.20. The predicted octanol–water partition coefficient (Wildman–Crippen LogP) is 0.995. The van der Waals surface area contributed by atoms with E-state index in [-0.39, 0.29) is 5.91 Å². The lowest BCUT2D eigenvalue weighted by Gasteiger charge is -1.93. The van der Waals surface area contributed by atoms with E-state index in [0.29, 0.717) is 12.3 Å². The molecule has 3 nitrogen and oxygen atoms in total. The Labute approximate surface area is 65.5 Å². The summed E-state index contributed by atoms with van der Waals surface area (Å²) in [6.45, 7) is 5.34. The molecule has 1 aliphatic rings. The number of nitrogens with one attached hydrogen (secondary N) is 1. The van der Waals surface area contributed by atoms with Crippen molar-refractivity contribution >= 4 is 11.7 Å². The van der Waals surface area contributed by atoms with Gasteiger partial charge in [-0.3, -0.25) is 4.79 Å². The van der Waals surface area contributed by atoms with Crippen molar-refractivity contribution in [3.05, 3.63) is 24.4 Å². The van der Waals surface area contributed by atoms with Gasteiger partial charge in [0, 0.05) is 6.20 Å². The van der Waals surface area contributed by atoms with Crippen molar-refractivity contribution in [3.63, 3.8) is 0 Å². The number of hydrogen-bond acceptors (Lipinski definition) is 2. The molecule has 1 N–H and O–H groups in total. The van der Waals surface area contributed by atoms with Crippen molar-refractivity contribution in [3.8, 4) is 0 Å². The van der Waals surface area contributed by atoms with E-state index >= 15 is 0 Å². The number of amides is 1. The van der Waals surface area contributed by atoms with E-state index in [2.05, 4.69) is 16.9 Å². The molecule has 11 heavy (non-hydrogen) atoms. The van der Waals surface area contributed by atoms with Crippen molar-refractivity contribution in [2.45, 2.75) is 13.3 Å². The SMILES string of the molecule is C=CN=C1NC(=O)C/C1=C/C. The van der Waals surface area contributed by atoms with Gasteiger partial charge in [0.2, 0.25) is 5.91 Å². The summed E-state index contributed by atoms with van der Waals surface area (Å²) < 4.78 is 0. The lowest BCUT2D eigenvalue weighted by molar-refractivity contribution is -0.118. The molecule has 0 atom stereocenters. The van der Waals surface area contributed by atoms with Crippen LogP contribution in [0.1, 0.15) is 13.3 Å². The fourth-order valence-electron chi connectivity index (χ4n) is 0.958. The molecule has 1 rings (SSSR count). The first-order valence-electron chi connectivity index (χ1n) is 3.42. The van der Waals surface area contributed by atoms with Crippen molar-refractivity contribution in [1.82, 2.24) is 5.32 Å². The zero-order chi connectivity index (χ0) is 8.27. The molecule has 1 saturated heterocycles. The van der Waals surface area contributed by atoms with Crippen molar-refractivity contribution in [2.75, 3.05) is 0 Å². The van der Waals surface area contributed by atoms with Crippen LogP contribution in [0.15, 0.2) is 29.4 Å². The second-order valence-corrected chi connectivity index (χ2v) is 2.20. The Morgan fingerprint density at radius 2 is 2.45 bits per heavy atom. The van der Waals surface area contributed by atoms with Crippen molar-refractivity contribution < 1.29 is 4.79 Å². The molecule has 0 bridgehead atoms. The Hall–Kier alpha value is -1.38. The first-order valence-corrected chi connectivity index (χ1v) is 3.42. The number of carbonyl (C=O) groups excluding carboxylic acids is 1. The standard InChI is InChI=1S/C8H10N2O/c1-3-6-5-7(11)10-8(6)9-4-2/h3-4H,2,5H2,1H3,(H,9,10,11)/b6-3-. The van der Waals surface area contributed by atoms with E-state index < -0.39 is 0 Å². The minimum absolute atomic E-state index is 0.00120. The summed E-state index contributed by atoms with van der Waals surface area (Å²) >= 11 is 0. The van der Waals surface area contributed by atoms with Crippen LogP contribution in [-0.2, 0) is 4.79 Å². The maximum absolute atomic E-state index is 10.8. The normalized spacial score (nSPS) is 24.3. The van der Waals surface area contributed by atoms with E-state index in [4.69, 9.17) is 0 Å². The Balaban J connectivity index is 2.89. The second-order valence-electron chi connectivity index (χ2n) is 2.20. The quantitative estimate of drug-likeness (QED) is 0.595. The van der Waals surface area contributed by atoms with Crippen LogP contribution in [0.4, 0.5) is 0 Å². The van der Waals surface area contributed by atoms with Gasteiger partial charge in [-0.2, -0.15) is 0 Å². The van der Waals surface area contributed by atoms with E-state index in [1.165, 1.54) is 6.20 Å². The Kier molecular flexibility index (Phi) is 2.21. The van der Waals surface area contributed by atoms with Gasteiger partial charge in [-0.05, 0) is 12.5 Å². The molecule has 0 aromatic carbocycles. The van der Waals surface area contributed by atoms with Crippen LogP contribution in [0, 0.1) is 0 Å². The molecule has 0 radical (unpaired) electrons. The average Bonchev–Trinajstić information content (AvgIpc) is 2.32. The predicted molar refractivity (Wildman–Crippen MR) is 44.1 cm³/mol. The Bertz CT molecular complexity index is 251. The third kappa shape index (κ3) is 1.55. The van der Waals surface area contributed by atoms with Crippen LogP contribution >= 0.6 is 0 Å². The van der Waals surface area contributed by atoms with Crippen LogP contribution in [0.2, 0.25) is 0 Å². The molecule has 0 aliphatic carbocycles. The lowest BCUT2D eigenvalue weighted by Crippen LogP contribution is -2.19. The van der Waals surface area contributed by atoms with Gasteiger partial charge in [0.05, 0.1) is 6.42 Å². The lowest BCUT2D eigenvalue weighted by atomic mass is 10.2. The van der Waals surface area contributed by atoms with Crippen molar-refractivity contribution in [2.24, 2.45) is 4.99 Å². The molecule has 58 valence electrons. The molecule has 0 saturated carbocycles. The number of aliphatic imine (C=N–C) groups is 1. The molecule has 1 amide bonds. The van der Waals surface area contributed by atoms with Gasteiger partial charge in [-0.1, -0.05) is 12.7 Å². The molecule has 1 aliphatic heterocycles. The summed E-state index contributed by atoms with van der Waals surface area (Å²) in [5.74, 6) is 0.631. The van der Waals surface area contributed by atoms with E-state index in [1.54, 1.807) is 0 Å². The number of nitrogens with zero attached hydrogens (tertiary/aromatic N) is 1. The van der Waals surface area contributed by atoms with Gasteiger partial charge >= 0.3 is 0 Å². The smallest absolute Gasteiger partial charge is 0.230 e. The highest BCUT2D eigenvalue weighted by molar-refractivity contribution is 6.16. The topological polar surface area (TPSA) is 41.5 Å². The maximum atomic E-state index is 10.8. The van der Waals surface area contributed by atoms with E-state index in [1.807, 2.05) is 13.0 Å². The van der Waals surface area contributed by atoms with Crippen LogP contribution < -0.4 is 5.32 Å². The van der Waals surface area contributed by atoms with E-state index in [9.17, 15) is 4.79 Å². The van der Waals surface area contributed by atoms with Gasteiger partial charge in [-0.25, -0.2) is 4.99 Å². The highest BCUT2D eigenvalue weighted by Crippen LogP contribution is 2.09. The van der Waals surface area contributed by atoms with Gasteiger partial charge in [-0.15, -0.1) is 0 Å². The third-order valence-electron chi connectivity index (χ3n) is 1.48. The largest absolute Gasteiger partial charge is 0.310 e. The monoisotopic (exact) mass is 150 g/mol. The summed E-state index contributed by atoms with van der Waals surface area (Å²) in [6, 6.07) is 0. The zero-order valence-corrected chi connectivity index (χ0v) is 6.42. The second kappa shape index (κ2) is 3.14. The summed E-state index contributed by atoms with van der Waals surface area (Å²) in [5.41, 5.74) is 0.940. The summed E-state index contributed by atoms with van der Waals surface area (Å²) in [5, 5.41) is 2.63. The minimum Gasteiger partial charge on any atom is -0.310 e. The molecular formula is C8H10N2O. The number of hydrogen-bond donors (Lipinski definition) is 1. The minimum atomic E-state index is -0.00120.